The quantitative estimate of drug-likeness (QED) is 0.941. The number of hydrogen-bond acceptors (Lipinski definition) is 3. The predicted octanol–water partition coefficient (Wildman–Crippen LogP) is 3.31. The van der Waals surface area contributed by atoms with Crippen LogP contribution in [0.5, 0.6) is 0 Å². The molecule has 0 aliphatic carbocycles. The summed E-state index contributed by atoms with van der Waals surface area (Å²) in [5.74, 6) is 1.19. The minimum atomic E-state index is -0.251. The molecular formula is C18H23FN2O2. The lowest BCUT2D eigenvalue weighted by molar-refractivity contribution is -0.132. The summed E-state index contributed by atoms with van der Waals surface area (Å²) in [6.45, 7) is 6.30. The number of likely N-dealkylation sites (tertiary alicyclic amines) is 1. The average Bonchev–Trinajstić information content (AvgIpc) is 2.94. The van der Waals surface area contributed by atoms with Crippen LogP contribution in [-0.2, 0) is 11.3 Å². The highest BCUT2D eigenvalue weighted by molar-refractivity contribution is 5.77. The van der Waals surface area contributed by atoms with Crippen molar-refractivity contribution in [2.45, 2.75) is 39.3 Å². The van der Waals surface area contributed by atoms with Crippen molar-refractivity contribution < 1.29 is 13.6 Å². The highest BCUT2D eigenvalue weighted by Crippen LogP contribution is 2.22. The predicted molar refractivity (Wildman–Crippen MR) is 87.5 cm³/mol. The maximum atomic E-state index is 13.2. The van der Waals surface area contributed by atoms with Crippen molar-refractivity contribution >= 4 is 16.9 Å². The molecule has 0 saturated carbocycles. The molecule has 23 heavy (non-hydrogen) atoms. The third-order valence-corrected chi connectivity index (χ3v) is 4.63. The number of furan rings is 1. The molecule has 1 fully saturated rings. The van der Waals surface area contributed by atoms with E-state index >= 15 is 0 Å². The SMILES string of the molecule is CCC(=O)N1CC[C@H](NCc2cc3cc(F)ccc3o2)[C@@H](C)C1. The number of halogens is 1. The lowest BCUT2D eigenvalue weighted by Crippen LogP contribution is -2.49. The van der Waals surface area contributed by atoms with E-state index in [1.165, 1.54) is 12.1 Å². The number of carbonyl (C=O) groups is 1. The second-order valence-corrected chi connectivity index (χ2v) is 6.34. The van der Waals surface area contributed by atoms with Gasteiger partial charge in [0.15, 0.2) is 0 Å². The Kier molecular flexibility index (Phi) is 4.66. The van der Waals surface area contributed by atoms with E-state index in [0.717, 1.165) is 30.7 Å². The van der Waals surface area contributed by atoms with E-state index in [-0.39, 0.29) is 11.7 Å². The molecule has 2 atom stereocenters. The molecule has 0 spiro atoms. The zero-order valence-corrected chi connectivity index (χ0v) is 13.6. The van der Waals surface area contributed by atoms with Crippen molar-refractivity contribution in [3.05, 3.63) is 35.8 Å². The molecule has 1 aromatic carbocycles. The summed E-state index contributed by atoms with van der Waals surface area (Å²) >= 11 is 0. The minimum Gasteiger partial charge on any atom is -0.460 e. The molecule has 124 valence electrons. The largest absolute Gasteiger partial charge is 0.460 e. The van der Waals surface area contributed by atoms with Gasteiger partial charge in [-0.15, -0.1) is 0 Å². The lowest BCUT2D eigenvalue weighted by Gasteiger charge is -2.37. The third kappa shape index (κ3) is 3.55. The highest BCUT2D eigenvalue weighted by atomic mass is 19.1. The Bertz CT molecular complexity index is 697. The van der Waals surface area contributed by atoms with Crippen molar-refractivity contribution in [2.75, 3.05) is 13.1 Å². The van der Waals surface area contributed by atoms with E-state index in [9.17, 15) is 9.18 Å². The normalized spacial score (nSPS) is 21.8. The summed E-state index contributed by atoms with van der Waals surface area (Å²) in [5, 5.41) is 4.31. The molecule has 1 aliphatic heterocycles. The summed E-state index contributed by atoms with van der Waals surface area (Å²) in [6, 6.07) is 6.80. The van der Waals surface area contributed by atoms with E-state index in [1.807, 2.05) is 17.9 Å². The lowest BCUT2D eigenvalue weighted by atomic mass is 9.93. The third-order valence-electron chi connectivity index (χ3n) is 4.63. The Balaban J connectivity index is 1.58. The van der Waals surface area contributed by atoms with Crippen LogP contribution in [0.4, 0.5) is 4.39 Å². The van der Waals surface area contributed by atoms with E-state index in [2.05, 4.69) is 12.2 Å². The van der Waals surface area contributed by atoms with Gasteiger partial charge < -0.3 is 14.6 Å². The molecular weight excluding hydrogens is 295 g/mol. The number of fused-ring (bicyclic) bond motifs is 1. The van der Waals surface area contributed by atoms with Gasteiger partial charge in [-0.2, -0.15) is 0 Å². The molecule has 1 aliphatic rings. The van der Waals surface area contributed by atoms with Gasteiger partial charge in [0.05, 0.1) is 6.54 Å². The van der Waals surface area contributed by atoms with Gasteiger partial charge in [0.1, 0.15) is 17.2 Å². The van der Waals surface area contributed by atoms with Gasteiger partial charge in [0.25, 0.3) is 0 Å². The van der Waals surface area contributed by atoms with Crippen molar-refractivity contribution in [2.24, 2.45) is 5.92 Å². The summed E-state index contributed by atoms with van der Waals surface area (Å²) in [6.07, 6.45) is 1.52. The van der Waals surface area contributed by atoms with Crippen LogP contribution in [0.2, 0.25) is 0 Å². The van der Waals surface area contributed by atoms with Gasteiger partial charge in [-0.1, -0.05) is 13.8 Å². The Morgan fingerprint density at radius 2 is 2.26 bits per heavy atom. The van der Waals surface area contributed by atoms with Gasteiger partial charge in [0, 0.05) is 30.9 Å². The van der Waals surface area contributed by atoms with Crippen LogP contribution in [0.25, 0.3) is 11.0 Å². The number of piperidine rings is 1. The van der Waals surface area contributed by atoms with Crippen molar-refractivity contribution in [3.63, 3.8) is 0 Å². The molecule has 2 aromatic rings. The van der Waals surface area contributed by atoms with Crippen LogP contribution < -0.4 is 5.32 Å². The van der Waals surface area contributed by atoms with Gasteiger partial charge >= 0.3 is 0 Å². The molecule has 1 saturated heterocycles. The van der Waals surface area contributed by atoms with Crippen molar-refractivity contribution in [3.8, 4) is 0 Å². The van der Waals surface area contributed by atoms with Crippen LogP contribution in [0.3, 0.4) is 0 Å². The molecule has 4 nitrogen and oxygen atoms in total. The van der Waals surface area contributed by atoms with Crippen LogP contribution in [0.1, 0.15) is 32.4 Å². The van der Waals surface area contributed by atoms with E-state index < -0.39 is 0 Å². The minimum absolute atomic E-state index is 0.231. The molecule has 0 unspecified atom stereocenters. The number of nitrogens with one attached hydrogen (secondary N) is 1. The number of benzene rings is 1. The van der Waals surface area contributed by atoms with Crippen LogP contribution in [0, 0.1) is 11.7 Å². The first-order valence-electron chi connectivity index (χ1n) is 8.26. The number of rotatable bonds is 4. The summed E-state index contributed by atoms with van der Waals surface area (Å²) in [4.78, 5) is 13.7. The molecule has 1 N–H and O–H groups in total. The summed E-state index contributed by atoms with van der Waals surface area (Å²) in [5.41, 5.74) is 0.708. The summed E-state index contributed by atoms with van der Waals surface area (Å²) < 4.78 is 18.9. The van der Waals surface area contributed by atoms with E-state index in [4.69, 9.17) is 4.42 Å². The molecule has 3 rings (SSSR count). The zero-order valence-electron chi connectivity index (χ0n) is 13.6. The van der Waals surface area contributed by atoms with E-state index in [0.29, 0.717) is 30.5 Å². The van der Waals surface area contributed by atoms with Crippen molar-refractivity contribution in [1.82, 2.24) is 10.2 Å². The van der Waals surface area contributed by atoms with Gasteiger partial charge in [-0.25, -0.2) is 4.39 Å². The fourth-order valence-electron chi connectivity index (χ4n) is 3.29. The molecule has 1 amide bonds. The van der Waals surface area contributed by atoms with Crippen molar-refractivity contribution in [1.29, 1.82) is 0 Å². The molecule has 5 heteroatoms. The number of amides is 1. The first-order chi connectivity index (χ1) is 11.1. The topological polar surface area (TPSA) is 45.5 Å². The van der Waals surface area contributed by atoms with Gasteiger partial charge in [0.2, 0.25) is 5.91 Å². The monoisotopic (exact) mass is 318 g/mol. The molecule has 0 radical (unpaired) electrons. The maximum Gasteiger partial charge on any atom is 0.222 e. The molecule has 0 bridgehead atoms. The second kappa shape index (κ2) is 6.71. The number of hydrogen-bond donors (Lipinski definition) is 1. The molecule has 2 heterocycles. The highest BCUT2D eigenvalue weighted by Gasteiger charge is 2.27. The molecule has 1 aromatic heterocycles. The Hall–Kier alpha value is -1.88. The zero-order chi connectivity index (χ0) is 16.4. The first kappa shape index (κ1) is 16.0. The number of nitrogens with zero attached hydrogens (tertiary/aromatic N) is 1. The average molecular weight is 318 g/mol. The standard InChI is InChI=1S/C18H23FN2O2/c1-3-18(22)21-7-6-16(12(2)11-21)20-10-15-9-13-8-14(19)4-5-17(13)23-15/h4-5,8-9,12,16,20H,3,6-7,10-11H2,1-2H3/t12-,16-/m0/s1. The summed E-state index contributed by atoms with van der Waals surface area (Å²) in [7, 11) is 0. The second-order valence-electron chi connectivity index (χ2n) is 6.34. The Labute approximate surface area is 135 Å². The van der Waals surface area contributed by atoms with Crippen LogP contribution in [0.15, 0.2) is 28.7 Å². The van der Waals surface area contributed by atoms with E-state index in [1.54, 1.807) is 6.07 Å². The van der Waals surface area contributed by atoms with Gasteiger partial charge in [-0.3, -0.25) is 4.79 Å². The first-order valence-corrected chi connectivity index (χ1v) is 8.26. The maximum absolute atomic E-state index is 13.2. The Morgan fingerprint density at radius 3 is 3.00 bits per heavy atom. The van der Waals surface area contributed by atoms with Gasteiger partial charge in [-0.05, 0) is 36.6 Å². The van der Waals surface area contributed by atoms with Crippen LogP contribution in [-0.4, -0.2) is 29.9 Å². The van der Waals surface area contributed by atoms with Crippen LogP contribution >= 0.6 is 0 Å². The Morgan fingerprint density at radius 1 is 1.43 bits per heavy atom. The number of carbonyl (C=O) groups excluding carboxylic acids is 1. The fraction of sp³-hybridized carbons (Fsp3) is 0.500. The smallest absolute Gasteiger partial charge is 0.222 e. The fourth-order valence-corrected chi connectivity index (χ4v) is 3.29.